The van der Waals surface area contributed by atoms with Crippen LogP contribution >= 0.6 is 0 Å². The Labute approximate surface area is 192 Å². The molecule has 1 amide bonds. The maximum Gasteiger partial charge on any atom is 0.293 e. The average Bonchev–Trinajstić information content (AvgIpc) is 2.77. The summed E-state index contributed by atoms with van der Waals surface area (Å²) in [5.41, 5.74) is 11.4. The third-order valence-corrected chi connectivity index (χ3v) is 4.40. The number of carbonyl (C=O) groups is 1. The summed E-state index contributed by atoms with van der Waals surface area (Å²) < 4.78 is 11.9. The molecule has 0 saturated carbocycles. The number of oxime groups is 1. The normalized spacial score (nSPS) is 9.91. The Kier molecular flexibility index (Phi) is 11.0. The van der Waals surface area contributed by atoms with Gasteiger partial charge in [0.2, 0.25) is 11.9 Å². The van der Waals surface area contributed by atoms with Gasteiger partial charge in [0.25, 0.3) is 5.56 Å². The lowest BCUT2D eigenvalue weighted by Crippen LogP contribution is -2.36. The number of nitrogens with two attached hydrogens (primary N) is 2. The molecule has 0 bridgehead atoms. The summed E-state index contributed by atoms with van der Waals surface area (Å²) in [5, 5.41) is 9.01. The molecule has 0 fully saturated rings. The number of hydrogen-bond acceptors (Lipinski definition) is 8. The van der Waals surface area contributed by atoms with Crippen LogP contribution in [0.15, 0.2) is 34.3 Å². The first kappa shape index (κ1) is 27.1. The van der Waals surface area contributed by atoms with Crippen LogP contribution in [0, 0.1) is 6.92 Å². The van der Waals surface area contributed by atoms with E-state index < -0.39 is 0 Å². The predicted octanol–water partition coefficient (Wildman–Crippen LogP) is 0.181. The molecular weight excluding hydrogens is 430 g/mol. The zero-order valence-corrected chi connectivity index (χ0v) is 18.4. The smallest absolute Gasteiger partial charge is 0.293 e. The number of nitrogens with one attached hydrogen (secondary N) is 2. The molecule has 12 heteroatoms. The molecule has 33 heavy (non-hydrogen) atoms. The van der Waals surface area contributed by atoms with Crippen molar-refractivity contribution in [3.63, 3.8) is 0 Å². The lowest BCUT2D eigenvalue weighted by atomic mass is 10.1. The van der Waals surface area contributed by atoms with Gasteiger partial charge < -0.3 is 36.4 Å². The summed E-state index contributed by atoms with van der Waals surface area (Å²) in [5.74, 6) is 0.885. The number of aromatic nitrogens is 2. The molecule has 0 aliphatic heterocycles. The minimum Gasteiger partial charge on any atom is -0.493 e. The van der Waals surface area contributed by atoms with Gasteiger partial charge in [-0.05, 0) is 36.2 Å². The van der Waals surface area contributed by atoms with E-state index in [-0.39, 0.29) is 50.4 Å². The molecule has 2 rings (SSSR count). The summed E-state index contributed by atoms with van der Waals surface area (Å²) in [7, 11) is 3.15. The number of anilines is 1. The van der Waals surface area contributed by atoms with Gasteiger partial charge in [-0.25, -0.2) is 4.98 Å². The molecule has 182 valence electrons. The average molecular weight is 464 g/mol. The fourth-order valence-electron chi connectivity index (χ4n) is 2.81. The van der Waals surface area contributed by atoms with Gasteiger partial charge in [-0.1, -0.05) is 13.5 Å². The van der Waals surface area contributed by atoms with Gasteiger partial charge in [0.05, 0.1) is 20.8 Å². The molecule has 1 heterocycles. The SMILES string of the molecule is C.COc1ccc(CCNc2ncc(C)n(CC(=O)NCCON=C(N)N)c2=O)cc1OC. The summed E-state index contributed by atoms with van der Waals surface area (Å²) in [6, 6.07) is 5.62. The van der Waals surface area contributed by atoms with Crippen molar-refractivity contribution >= 4 is 17.7 Å². The van der Waals surface area contributed by atoms with Crippen LogP contribution < -0.4 is 37.1 Å². The van der Waals surface area contributed by atoms with Crippen molar-refractivity contribution in [1.82, 2.24) is 14.9 Å². The Hall–Kier alpha value is -3.96. The maximum atomic E-state index is 12.8. The first-order valence-electron chi connectivity index (χ1n) is 9.84. The number of rotatable bonds is 12. The zero-order chi connectivity index (χ0) is 23.5. The molecule has 6 N–H and O–H groups in total. The van der Waals surface area contributed by atoms with Crippen LogP contribution in [0.5, 0.6) is 11.5 Å². The molecule has 0 saturated heterocycles. The van der Waals surface area contributed by atoms with Crippen molar-refractivity contribution in [2.24, 2.45) is 16.6 Å². The standard InChI is InChI=1S/C20H29N7O5.CH4/c1-13-11-25-18(24-7-6-14-4-5-15(30-2)16(10-14)31-3)19(29)27(13)12-17(28)23-8-9-32-26-20(21)22;/h4-5,10-11H,6-9,12H2,1-3H3,(H,23,28)(H,24,25)(H4,21,22,26);1H4. The van der Waals surface area contributed by atoms with Crippen LogP contribution in [-0.2, 0) is 22.6 Å². The van der Waals surface area contributed by atoms with E-state index >= 15 is 0 Å². The lowest BCUT2D eigenvalue weighted by Gasteiger charge is -2.13. The first-order chi connectivity index (χ1) is 15.3. The number of guanidine groups is 1. The highest BCUT2D eigenvalue weighted by Crippen LogP contribution is 2.27. The molecule has 1 aromatic carbocycles. The van der Waals surface area contributed by atoms with Gasteiger partial charge in [0.15, 0.2) is 17.3 Å². The van der Waals surface area contributed by atoms with Gasteiger partial charge in [-0.3, -0.25) is 14.2 Å². The van der Waals surface area contributed by atoms with E-state index in [0.29, 0.717) is 30.2 Å². The lowest BCUT2D eigenvalue weighted by molar-refractivity contribution is -0.122. The van der Waals surface area contributed by atoms with Crippen LogP contribution in [0.2, 0.25) is 0 Å². The monoisotopic (exact) mass is 463 g/mol. The Balaban J connectivity index is 0.00000544. The van der Waals surface area contributed by atoms with Crippen molar-refractivity contribution in [1.29, 1.82) is 0 Å². The van der Waals surface area contributed by atoms with E-state index in [9.17, 15) is 9.59 Å². The van der Waals surface area contributed by atoms with E-state index in [1.54, 1.807) is 21.1 Å². The molecule has 2 aromatic rings. The molecule has 0 aliphatic rings. The number of benzene rings is 1. The molecular formula is C21H33N7O5. The third kappa shape index (κ3) is 8.24. The molecule has 12 nitrogen and oxygen atoms in total. The Morgan fingerprint density at radius 3 is 2.58 bits per heavy atom. The predicted molar refractivity (Wildman–Crippen MR) is 126 cm³/mol. The highest BCUT2D eigenvalue weighted by molar-refractivity contribution is 5.76. The topological polar surface area (TPSA) is 168 Å². The summed E-state index contributed by atoms with van der Waals surface area (Å²) in [6.07, 6.45) is 2.17. The van der Waals surface area contributed by atoms with Crippen molar-refractivity contribution < 1.29 is 19.1 Å². The number of amides is 1. The number of ether oxygens (including phenoxy) is 2. The van der Waals surface area contributed by atoms with Crippen LogP contribution in [-0.4, -0.2) is 55.3 Å². The van der Waals surface area contributed by atoms with Crippen LogP contribution in [0.25, 0.3) is 0 Å². The molecule has 1 aromatic heterocycles. The first-order valence-corrected chi connectivity index (χ1v) is 9.84. The number of aryl methyl sites for hydroxylation is 1. The van der Waals surface area contributed by atoms with Crippen molar-refractivity contribution in [2.75, 3.05) is 39.2 Å². The van der Waals surface area contributed by atoms with Crippen LogP contribution in [0.3, 0.4) is 0 Å². The zero-order valence-electron chi connectivity index (χ0n) is 18.4. The molecule has 0 unspecified atom stereocenters. The molecule has 0 atom stereocenters. The maximum absolute atomic E-state index is 12.8. The Morgan fingerprint density at radius 2 is 1.91 bits per heavy atom. The van der Waals surface area contributed by atoms with Crippen molar-refractivity contribution in [3.05, 3.63) is 46.0 Å². The summed E-state index contributed by atoms with van der Waals surface area (Å²) in [6.45, 7) is 2.30. The highest BCUT2D eigenvalue weighted by Gasteiger charge is 2.12. The second-order valence-corrected chi connectivity index (χ2v) is 6.70. The van der Waals surface area contributed by atoms with Crippen molar-refractivity contribution in [2.45, 2.75) is 27.3 Å². The Bertz CT molecular complexity index is 1000. The Morgan fingerprint density at radius 1 is 1.18 bits per heavy atom. The number of carbonyl (C=O) groups excluding carboxylic acids is 1. The second kappa shape index (κ2) is 13.5. The minimum absolute atomic E-state index is 0. The van der Waals surface area contributed by atoms with Crippen LogP contribution in [0.1, 0.15) is 18.7 Å². The van der Waals surface area contributed by atoms with E-state index in [0.717, 1.165) is 5.56 Å². The van der Waals surface area contributed by atoms with E-state index in [4.69, 9.17) is 25.8 Å². The highest BCUT2D eigenvalue weighted by atomic mass is 16.6. The number of nitrogens with zero attached hydrogens (tertiary/aromatic N) is 3. The van der Waals surface area contributed by atoms with Crippen molar-refractivity contribution in [3.8, 4) is 11.5 Å². The van der Waals surface area contributed by atoms with E-state index in [2.05, 4.69) is 20.8 Å². The molecule has 0 radical (unpaired) electrons. The molecule has 0 spiro atoms. The third-order valence-electron chi connectivity index (χ3n) is 4.40. The van der Waals surface area contributed by atoms with Crippen LogP contribution in [0.4, 0.5) is 5.82 Å². The van der Waals surface area contributed by atoms with Gasteiger partial charge in [0.1, 0.15) is 13.2 Å². The molecule has 0 aliphatic carbocycles. The fourth-order valence-corrected chi connectivity index (χ4v) is 2.81. The number of methoxy groups -OCH3 is 2. The van der Waals surface area contributed by atoms with Gasteiger partial charge in [-0.2, -0.15) is 0 Å². The number of hydrogen-bond donors (Lipinski definition) is 4. The fraction of sp³-hybridized carbons (Fsp3) is 0.429. The quantitative estimate of drug-likeness (QED) is 0.148. The summed E-state index contributed by atoms with van der Waals surface area (Å²) in [4.78, 5) is 33.9. The van der Waals surface area contributed by atoms with E-state index in [1.165, 1.54) is 10.8 Å². The minimum atomic E-state index is -0.385. The summed E-state index contributed by atoms with van der Waals surface area (Å²) >= 11 is 0. The second-order valence-electron chi connectivity index (χ2n) is 6.70. The van der Waals surface area contributed by atoms with E-state index in [1.807, 2.05) is 18.2 Å². The van der Waals surface area contributed by atoms with Gasteiger partial charge in [0, 0.05) is 18.4 Å². The van der Waals surface area contributed by atoms with Gasteiger partial charge in [-0.15, -0.1) is 0 Å². The van der Waals surface area contributed by atoms with Gasteiger partial charge >= 0.3 is 0 Å². The largest absolute Gasteiger partial charge is 0.493 e.